The Bertz CT molecular complexity index is 498. The molecule has 1 fully saturated rings. The number of hydrogen-bond acceptors (Lipinski definition) is 3. The maximum absolute atomic E-state index is 5.74. The fourth-order valence-electron chi connectivity index (χ4n) is 2.39. The maximum atomic E-state index is 5.74. The van der Waals surface area contributed by atoms with E-state index in [4.69, 9.17) is 5.73 Å². The Morgan fingerprint density at radius 2 is 1.94 bits per heavy atom. The van der Waals surface area contributed by atoms with Gasteiger partial charge in [-0.3, -0.25) is 0 Å². The number of benzene rings is 1. The fourth-order valence-corrected chi connectivity index (χ4v) is 3.07. The number of thiophene rings is 1. The van der Waals surface area contributed by atoms with Gasteiger partial charge in [-0.05, 0) is 42.0 Å². The smallest absolute Gasteiger partial charge is 0.0314 e. The van der Waals surface area contributed by atoms with E-state index in [0.717, 1.165) is 18.8 Å². The second kappa shape index (κ2) is 4.75. The van der Waals surface area contributed by atoms with E-state index in [0.29, 0.717) is 5.41 Å². The SMILES string of the molecule is Nc1ccc(C2(CNCc3cccs3)CC2)cc1. The summed E-state index contributed by atoms with van der Waals surface area (Å²) >= 11 is 1.81. The molecule has 1 aromatic heterocycles. The van der Waals surface area contributed by atoms with Gasteiger partial charge in [-0.1, -0.05) is 18.2 Å². The molecule has 0 aliphatic heterocycles. The van der Waals surface area contributed by atoms with Crippen LogP contribution in [-0.2, 0) is 12.0 Å². The van der Waals surface area contributed by atoms with E-state index in [1.165, 1.54) is 23.3 Å². The second-order valence-electron chi connectivity index (χ2n) is 5.09. The van der Waals surface area contributed by atoms with Gasteiger partial charge in [0.15, 0.2) is 0 Å². The van der Waals surface area contributed by atoms with Crippen molar-refractivity contribution >= 4 is 17.0 Å². The molecule has 0 unspecified atom stereocenters. The largest absolute Gasteiger partial charge is 0.399 e. The first-order valence-corrected chi connectivity index (χ1v) is 7.26. The molecule has 0 amide bonds. The molecule has 2 aromatic rings. The number of hydrogen-bond donors (Lipinski definition) is 2. The van der Waals surface area contributed by atoms with Crippen LogP contribution in [-0.4, -0.2) is 6.54 Å². The Hall–Kier alpha value is -1.32. The Labute approximate surface area is 112 Å². The molecule has 1 aliphatic rings. The molecule has 0 radical (unpaired) electrons. The first kappa shape index (κ1) is 11.8. The number of nitrogen functional groups attached to an aromatic ring is 1. The van der Waals surface area contributed by atoms with Crippen LogP contribution in [0.5, 0.6) is 0 Å². The topological polar surface area (TPSA) is 38.0 Å². The highest BCUT2D eigenvalue weighted by atomic mass is 32.1. The second-order valence-corrected chi connectivity index (χ2v) is 6.12. The molecule has 0 bridgehead atoms. The predicted octanol–water partition coefficient (Wildman–Crippen LogP) is 3.15. The zero-order valence-electron chi connectivity index (χ0n) is 10.4. The van der Waals surface area contributed by atoms with Crippen molar-refractivity contribution in [2.24, 2.45) is 0 Å². The van der Waals surface area contributed by atoms with E-state index in [-0.39, 0.29) is 0 Å². The van der Waals surface area contributed by atoms with Gasteiger partial charge in [0.25, 0.3) is 0 Å². The average molecular weight is 258 g/mol. The maximum Gasteiger partial charge on any atom is 0.0314 e. The van der Waals surface area contributed by atoms with Crippen molar-refractivity contribution in [3.05, 3.63) is 52.2 Å². The number of rotatable bonds is 5. The van der Waals surface area contributed by atoms with Crippen molar-refractivity contribution in [1.29, 1.82) is 0 Å². The first-order valence-electron chi connectivity index (χ1n) is 6.38. The molecular weight excluding hydrogens is 240 g/mol. The first-order chi connectivity index (χ1) is 8.78. The van der Waals surface area contributed by atoms with Crippen molar-refractivity contribution in [1.82, 2.24) is 5.32 Å². The zero-order chi connectivity index (χ0) is 12.4. The molecule has 3 N–H and O–H groups in total. The van der Waals surface area contributed by atoms with Crippen LogP contribution in [0.25, 0.3) is 0 Å². The highest BCUT2D eigenvalue weighted by Crippen LogP contribution is 2.47. The Morgan fingerprint density at radius 1 is 1.17 bits per heavy atom. The van der Waals surface area contributed by atoms with Crippen molar-refractivity contribution in [2.75, 3.05) is 12.3 Å². The highest BCUT2D eigenvalue weighted by Gasteiger charge is 2.43. The number of anilines is 1. The zero-order valence-corrected chi connectivity index (χ0v) is 11.2. The molecule has 2 nitrogen and oxygen atoms in total. The molecule has 1 heterocycles. The third-order valence-corrected chi connectivity index (χ3v) is 4.60. The average Bonchev–Trinajstić information content (AvgIpc) is 2.98. The van der Waals surface area contributed by atoms with Crippen LogP contribution < -0.4 is 11.1 Å². The van der Waals surface area contributed by atoms with Crippen LogP contribution >= 0.6 is 11.3 Å². The lowest BCUT2D eigenvalue weighted by Crippen LogP contribution is -2.26. The van der Waals surface area contributed by atoms with E-state index in [9.17, 15) is 0 Å². The molecule has 0 spiro atoms. The summed E-state index contributed by atoms with van der Waals surface area (Å²) in [5.41, 5.74) is 8.38. The molecule has 1 aromatic carbocycles. The van der Waals surface area contributed by atoms with Gasteiger partial charge in [-0.2, -0.15) is 0 Å². The third-order valence-electron chi connectivity index (χ3n) is 3.72. The molecule has 94 valence electrons. The quantitative estimate of drug-likeness (QED) is 0.809. The van der Waals surface area contributed by atoms with Gasteiger partial charge in [-0.15, -0.1) is 11.3 Å². The minimum absolute atomic E-state index is 0.366. The Balaban J connectivity index is 1.60. The lowest BCUT2D eigenvalue weighted by Gasteiger charge is -2.16. The summed E-state index contributed by atoms with van der Waals surface area (Å²) in [4.78, 5) is 1.41. The van der Waals surface area contributed by atoms with Crippen LogP contribution in [0.1, 0.15) is 23.3 Å². The van der Waals surface area contributed by atoms with Crippen LogP contribution in [0.15, 0.2) is 41.8 Å². The standard InChI is InChI=1S/C15H18N2S/c16-13-5-3-12(4-6-13)15(7-8-15)11-17-10-14-2-1-9-18-14/h1-6,9,17H,7-8,10-11,16H2. The molecule has 1 saturated carbocycles. The van der Waals surface area contributed by atoms with Gasteiger partial charge in [0.1, 0.15) is 0 Å². The van der Waals surface area contributed by atoms with E-state index in [2.05, 4.69) is 35.0 Å². The van der Waals surface area contributed by atoms with Crippen LogP contribution in [0.4, 0.5) is 5.69 Å². The summed E-state index contributed by atoms with van der Waals surface area (Å²) < 4.78 is 0. The lowest BCUT2D eigenvalue weighted by atomic mass is 9.96. The van der Waals surface area contributed by atoms with Gasteiger partial charge in [0, 0.05) is 29.1 Å². The minimum Gasteiger partial charge on any atom is -0.399 e. The summed E-state index contributed by atoms with van der Waals surface area (Å²) in [5, 5.41) is 5.71. The van der Waals surface area contributed by atoms with Crippen molar-refractivity contribution in [2.45, 2.75) is 24.8 Å². The fraction of sp³-hybridized carbons (Fsp3) is 0.333. The van der Waals surface area contributed by atoms with Crippen LogP contribution in [0.2, 0.25) is 0 Å². The van der Waals surface area contributed by atoms with E-state index >= 15 is 0 Å². The summed E-state index contributed by atoms with van der Waals surface area (Å²) in [7, 11) is 0. The van der Waals surface area contributed by atoms with Gasteiger partial charge in [0.05, 0.1) is 0 Å². The lowest BCUT2D eigenvalue weighted by molar-refractivity contribution is 0.577. The summed E-state index contributed by atoms with van der Waals surface area (Å²) in [6.07, 6.45) is 2.57. The van der Waals surface area contributed by atoms with E-state index < -0.39 is 0 Å². The molecule has 1 aliphatic carbocycles. The summed E-state index contributed by atoms with van der Waals surface area (Å²) in [5.74, 6) is 0. The predicted molar refractivity (Wildman–Crippen MR) is 77.8 cm³/mol. The highest BCUT2D eigenvalue weighted by molar-refractivity contribution is 7.09. The van der Waals surface area contributed by atoms with Gasteiger partial charge >= 0.3 is 0 Å². The van der Waals surface area contributed by atoms with Crippen molar-refractivity contribution in [3.8, 4) is 0 Å². The molecular formula is C15H18N2S. The monoisotopic (exact) mass is 258 g/mol. The number of nitrogens with two attached hydrogens (primary N) is 1. The molecule has 0 atom stereocenters. The molecule has 18 heavy (non-hydrogen) atoms. The van der Waals surface area contributed by atoms with Gasteiger partial charge in [-0.25, -0.2) is 0 Å². The van der Waals surface area contributed by atoms with E-state index in [1.54, 1.807) is 0 Å². The Kier molecular flexibility index (Phi) is 3.10. The number of nitrogens with one attached hydrogen (secondary N) is 1. The van der Waals surface area contributed by atoms with Crippen molar-refractivity contribution < 1.29 is 0 Å². The van der Waals surface area contributed by atoms with Gasteiger partial charge in [0.2, 0.25) is 0 Å². The minimum atomic E-state index is 0.366. The normalized spacial score (nSPS) is 16.7. The van der Waals surface area contributed by atoms with Crippen molar-refractivity contribution in [3.63, 3.8) is 0 Å². The van der Waals surface area contributed by atoms with Crippen LogP contribution in [0.3, 0.4) is 0 Å². The van der Waals surface area contributed by atoms with E-state index in [1.807, 2.05) is 23.5 Å². The summed E-state index contributed by atoms with van der Waals surface area (Å²) in [6, 6.07) is 12.7. The molecule has 3 heteroatoms. The molecule has 3 rings (SSSR count). The molecule has 0 saturated heterocycles. The summed E-state index contributed by atoms with van der Waals surface area (Å²) in [6.45, 7) is 2.04. The van der Waals surface area contributed by atoms with Gasteiger partial charge < -0.3 is 11.1 Å². The Morgan fingerprint density at radius 3 is 2.56 bits per heavy atom. The third kappa shape index (κ3) is 2.42. The van der Waals surface area contributed by atoms with Crippen LogP contribution in [0, 0.1) is 0 Å².